The van der Waals surface area contributed by atoms with Gasteiger partial charge in [0.05, 0.1) is 17.5 Å². The van der Waals surface area contributed by atoms with E-state index in [0.717, 1.165) is 33.5 Å². The van der Waals surface area contributed by atoms with Gasteiger partial charge in [0.25, 0.3) is 5.69 Å². The molecule has 0 spiro atoms. The molecule has 2 aromatic carbocycles. The topological polar surface area (TPSA) is 70.2 Å². The van der Waals surface area contributed by atoms with Crippen LogP contribution in [0.2, 0.25) is 0 Å². The number of methoxy groups -OCH3 is 1. The first-order valence-electron chi connectivity index (χ1n) is 8.44. The second-order valence-electron chi connectivity index (χ2n) is 6.22. The van der Waals surface area contributed by atoms with Crippen LogP contribution in [0.15, 0.2) is 67.1 Å². The number of pyridine rings is 1. The van der Waals surface area contributed by atoms with Crippen LogP contribution in [-0.2, 0) is 0 Å². The van der Waals surface area contributed by atoms with Gasteiger partial charge in [-0.25, -0.2) is 0 Å². The van der Waals surface area contributed by atoms with Gasteiger partial charge >= 0.3 is 0 Å². The highest BCUT2D eigenvalue weighted by atomic mass is 16.6. The Balaban J connectivity index is 1.96. The highest BCUT2D eigenvalue weighted by Crippen LogP contribution is 2.36. The van der Waals surface area contributed by atoms with E-state index in [0.29, 0.717) is 5.56 Å². The molecule has 0 fully saturated rings. The lowest BCUT2D eigenvalue weighted by molar-refractivity contribution is -0.385. The molecule has 6 nitrogen and oxygen atoms in total. The molecule has 2 heterocycles. The zero-order valence-electron chi connectivity index (χ0n) is 14.9. The van der Waals surface area contributed by atoms with Crippen molar-refractivity contribution in [3.8, 4) is 22.6 Å². The van der Waals surface area contributed by atoms with Gasteiger partial charge in [0.1, 0.15) is 11.9 Å². The van der Waals surface area contributed by atoms with Gasteiger partial charge in [-0.15, -0.1) is 0 Å². The van der Waals surface area contributed by atoms with E-state index < -0.39 is 4.92 Å². The van der Waals surface area contributed by atoms with Crippen molar-refractivity contribution in [2.45, 2.75) is 6.92 Å². The number of ether oxygens (including phenoxy) is 1. The van der Waals surface area contributed by atoms with Gasteiger partial charge in [-0.1, -0.05) is 18.2 Å². The summed E-state index contributed by atoms with van der Waals surface area (Å²) < 4.78 is 7.31. The first-order valence-corrected chi connectivity index (χ1v) is 8.44. The zero-order chi connectivity index (χ0) is 19.0. The Morgan fingerprint density at radius 1 is 1.04 bits per heavy atom. The van der Waals surface area contributed by atoms with E-state index in [9.17, 15) is 10.1 Å². The van der Waals surface area contributed by atoms with Gasteiger partial charge in [0.15, 0.2) is 0 Å². The molecule has 0 unspecified atom stereocenters. The van der Waals surface area contributed by atoms with E-state index in [-0.39, 0.29) is 5.69 Å². The molecule has 0 amide bonds. The third-order valence-corrected chi connectivity index (χ3v) is 4.74. The number of nitro groups is 1. The van der Waals surface area contributed by atoms with Gasteiger partial charge in [0.2, 0.25) is 0 Å². The number of para-hydroxylation sites is 1. The van der Waals surface area contributed by atoms with Gasteiger partial charge in [-0.3, -0.25) is 15.1 Å². The van der Waals surface area contributed by atoms with Gasteiger partial charge in [-0.05, 0) is 37.3 Å². The first kappa shape index (κ1) is 16.8. The van der Waals surface area contributed by atoms with Crippen LogP contribution in [0.1, 0.15) is 5.56 Å². The van der Waals surface area contributed by atoms with Crippen molar-refractivity contribution in [1.82, 2.24) is 9.55 Å². The van der Waals surface area contributed by atoms with E-state index in [1.807, 2.05) is 54.7 Å². The highest BCUT2D eigenvalue weighted by Gasteiger charge is 2.19. The smallest absolute Gasteiger partial charge is 0.291 e. The van der Waals surface area contributed by atoms with E-state index in [4.69, 9.17) is 4.74 Å². The van der Waals surface area contributed by atoms with Crippen molar-refractivity contribution in [1.29, 1.82) is 0 Å². The molecule has 4 rings (SSSR count). The fraction of sp³-hybridized carbons (Fsp3) is 0.0952. The van der Waals surface area contributed by atoms with Gasteiger partial charge < -0.3 is 9.30 Å². The summed E-state index contributed by atoms with van der Waals surface area (Å²) in [7, 11) is 1.64. The summed E-state index contributed by atoms with van der Waals surface area (Å²) >= 11 is 0. The van der Waals surface area contributed by atoms with E-state index >= 15 is 0 Å². The molecule has 0 atom stereocenters. The summed E-state index contributed by atoms with van der Waals surface area (Å²) in [5.41, 5.74) is 4.29. The Labute approximate surface area is 155 Å². The van der Waals surface area contributed by atoms with Crippen LogP contribution in [0.3, 0.4) is 0 Å². The largest absolute Gasteiger partial charge is 0.497 e. The maximum Gasteiger partial charge on any atom is 0.291 e. The fourth-order valence-corrected chi connectivity index (χ4v) is 3.32. The number of benzene rings is 2. The molecular weight excluding hydrogens is 342 g/mol. The highest BCUT2D eigenvalue weighted by molar-refractivity contribution is 5.98. The van der Waals surface area contributed by atoms with Crippen molar-refractivity contribution >= 4 is 16.6 Å². The fourth-order valence-electron chi connectivity index (χ4n) is 3.32. The monoisotopic (exact) mass is 359 g/mol. The third-order valence-electron chi connectivity index (χ3n) is 4.74. The van der Waals surface area contributed by atoms with E-state index in [1.165, 1.54) is 6.20 Å². The minimum absolute atomic E-state index is 0.0220. The van der Waals surface area contributed by atoms with Crippen molar-refractivity contribution in [3.05, 3.63) is 82.8 Å². The zero-order valence-corrected chi connectivity index (χ0v) is 14.9. The normalized spacial score (nSPS) is 10.9. The molecule has 134 valence electrons. The van der Waals surface area contributed by atoms with Crippen molar-refractivity contribution < 1.29 is 9.66 Å². The maximum atomic E-state index is 11.3. The molecule has 6 heteroatoms. The van der Waals surface area contributed by atoms with Crippen molar-refractivity contribution in [2.24, 2.45) is 0 Å². The van der Waals surface area contributed by atoms with Crippen molar-refractivity contribution in [2.75, 3.05) is 7.11 Å². The minimum atomic E-state index is -0.394. The lowest BCUT2D eigenvalue weighted by atomic mass is 10.0. The van der Waals surface area contributed by atoms with Crippen LogP contribution >= 0.6 is 0 Å². The maximum absolute atomic E-state index is 11.3. The van der Waals surface area contributed by atoms with E-state index in [1.54, 1.807) is 20.2 Å². The summed E-state index contributed by atoms with van der Waals surface area (Å²) in [6, 6.07) is 15.8. The molecule has 0 aliphatic rings. The molecule has 2 aromatic heterocycles. The standard InChI is InChI=1S/C21H17N3O3/c1-14-18(11-22-12-21(14)24(25)26)19-13-23(20-6-4-3-5-17(19)20)15-7-9-16(27-2)10-8-15/h3-13H,1-2H3. The SMILES string of the molecule is COc1ccc(-n2cc(-c3cncc([N+](=O)[O-])c3C)c3ccccc32)cc1. The summed E-state index contributed by atoms with van der Waals surface area (Å²) in [6.45, 7) is 1.76. The lowest BCUT2D eigenvalue weighted by Crippen LogP contribution is -1.95. The van der Waals surface area contributed by atoms with Crippen LogP contribution in [-0.4, -0.2) is 21.6 Å². The molecule has 4 aromatic rings. The predicted octanol–water partition coefficient (Wildman–Crippen LogP) is 4.92. The van der Waals surface area contributed by atoms with Crippen LogP contribution in [0, 0.1) is 17.0 Å². The lowest BCUT2D eigenvalue weighted by Gasteiger charge is -2.06. The summed E-state index contributed by atoms with van der Waals surface area (Å²) in [5, 5.41) is 12.3. The molecular formula is C21H17N3O3. The molecule has 0 saturated carbocycles. The van der Waals surface area contributed by atoms with Crippen LogP contribution in [0.5, 0.6) is 5.75 Å². The number of nitrogens with zero attached hydrogens (tertiary/aromatic N) is 3. The molecule has 0 N–H and O–H groups in total. The molecule has 0 aliphatic carbocycles. The summed E-state index contributed by atoms with van der Waals surface area (Å²) in [5.74, 6) is 0.786. The number of hydrogen-bond acceptors (Lipinski definition) is 4. The van der Waals surface area contributed by atoms with Gasteiger partial charge in [-0.2, -0.15) is 0 Å². The minimum Gasteiger partial charge on any atom is -0.497 e. The van der Waals surface area contributed by atoms with Gasteiger partial charge in [0, 0.05) is 40.2 Å². The third kappa shape index (κ3) is 2.81. The molecule has 27 heavy (non-hydrogen) atoms. The first-order chi connectivity index (χ1) is 13.1. The molecule has 0 aliphatic heterocycles. The Morgan fingerprint density at radius 2 is 1.78 bits per heavy atom. The predicted molar refractivity (Wildman–Crippen MR) is 104 cm³/mol. The molecule has 0 radical (unpaired) electrons. The number of fused-ring (bicyclic) bond motifs is 1. The Morgan fingerprint density at radius 3 is 2.48 bits per heavy atom. The van der Waals surface area contributed by atoms with Crippen LogP contribution < -0.4 is 4.74 Å². The Bertz CT molecular complexity index is 1150. The quantitative estimate of drug-likeness (QED) is 0.383. The summed E-state index contributed by atoms with van der Waals surface area (Å²) in [4.78, 5) is 15.0. The average Bonchev–Trinajstić information content (AvgIpc) is 3.07. The second-order valence-corrected chi connectivity index (χ2v) is 6.22. The average molecular weight is 359 g/mol. The van der Waals surface area contributed by atoms with Crippen LogP contribution in [0.4, 0.5) is 5.69 Å². The summed E-state index contributed by atoms with van der Waals surface area (Å²) in [6.07, 6.45) is 4.98. The number of hydrogen-bond donors (Lipinski definition) is 0. The van der Waals surface area contributed by atoms with E-state index in [2.05, 4.69) is 9.55 Å². The molecule has 0 saturated heterocycles. The number of rotatable bonds is 4. The number of aromatic nitrogens is 2. The van der Waals surface area contributed by atoms with Crippen molar-refractivity contribution in [3.63, 3.8) is 0 Å². The second kappa shape index (κ2) is 6.57. The Kier molecular flexibility index (Phi) is 4.08. The molecule has 0 bridgehead atoms. The Hall–Kier alpha value is -3.67. The van der Waals surface area contributed by atoms with Crippen LogP contribution in [0.25, 0.3) is 27.7 Å².